The van der Waals surface area contributed by atoms with Gasteiger partial charge in [-0.25, -0.2) is 14.0 Å². The summed E-state index contributed by atoms with van der Waals surface area (Å²) in [5.41, 5.74) is 26.2. The van der Waals surface area contributed by atoms with Gasteiger partial charge in [0.2, 0.25) is 0 Å². The number of nitrogens with one attached hydrogen (secondary N) is 3. The fraction of sp³-hybridized carbons (Fsp3) is 0.459. The maximum atomic E-state index is 13.2. The molecule has 2 aromatic heterocycles. The van der Waals surface area contributed by atoms with Crippen molar-refractivity contribution in [1.29, 1.82) is 0 Å². The number of aromatic amines is 1. The lowest BCUT2D eigenvalue weighted by molar-refractivity contribution is 0.200. The Labute approximate surface area is 299 Å². The zero-order chi connectivity index (χ0) is 37.8. The van der Waals surface area contributed by atoms with Gasteiger partial charge < -0.3 is 43.3 Å². The number of nitrogens with zero attached hydrogens (tertiary/aromatic N) is 3. The SMILES string of the molecule is CC(C)(C)c1cc(CCNC(N)=O)cc(OC[C@H](F)CN)c1.CC(C)(C)c1cc2cn(-c3ccc(CNCCCN=C(N)N)cc3)c(=O)nc2[nH]1. The Balaban J connectivity index is 0.000000287. The van der Waals surface area contributed by atoms with E-state index in [-0.39, 0.29) is 35.6 Å². The van der Waals surface area contributed by atoms with E-state index in [1.54, 1.807) is 4.57 Å². The molecule has 14 heteroatoms. The minimum Gasteiger partial charge on any atom is -0.490 e. The van der Waals surface area contributed by atoms with Crippen LogP contribution in [0.4, 0.5) is 9.18 Å². The lowest BCUT2D eigenvalue weighted by atomic mass is 9.85. The average molecular weight is 707 g/mol. The van der Waals surface area contributed by atoms with Gasteiger partial charge in [0.1, 0.15) is 24.2 Å². The number of hydrogen-bond donors (Lipinski definition) is 7. The van der Waals surface area contributed by atoms with E-state index in [9.17, 15) is 14.0 Å². The summed E-state index contributed by atoms with van der Waals surface area (Å²) < 4.78 is 20.3. The number of alkyl halides is 1. The van der Waals surface area contributed by atoms with Crippen LogP contribution in [0.1, 0.15) is 70.3 Å². The molecule has 13 nitrogen and oxygen atoms in total. The van der Waals surface area contributed by atoms with Crippen molar-refractivity contribution >= 4 is 23.0 Å². The number of hydrogen-bond acceptors (Lipinski definition) is 7. The van der Waals surface area contributed by atoms with Crippen LogP contribution >= 0.6 is 0 Å². The summed E-state index contributed by atoms with van der Waals surface area (Å²) in [6, 6.07) is 15.2. The molecule has 2 heterocycles. The molecule has 0 aliphatic rings. The average Bonchev–Trinajstić information content (AvgIpc) is 3.48. The fourth-order valence-electron chi connectivity index (χ4n) is 4.91. The van der Waals surface area contributed by atoms with Crippen molar-refractivity contribution in [1.82, 2.24) is 25.2 Å². The van der Waals surface area contributed by atoms with E-state index in [0.29, 0.717) is 30.9 Å². The molecule has 0 fully saturated rings. The molecule has 2 aromatic carbocycles. The van der Waals surface area contributed by atoms with Gasteiger partial charge in [-0.2, -0.15) is 4.98 Å². The van der Waals surface area contributed by atoms with Crippen LogP contribution in [0.15, 0.2) is 64.5 Å². The second kappa shape index (κ2) is 18.3. The summed E-state index contributed by atoms with van der Waals surface area (Å²) >= 11 is 0. The van der Waals surface area contributed by atoms with Crippen molar-refractivity contribution in [3.8, 4) is 11.4 Å². The topological polar surface area (TPSA) is 217 Å². The predicted molar refractivity (Wildman–Crippen MR) is 203 cm³/mol. The molecule has 1 atom stereocenters. The minimum atomic E-state index is -1.18. The van der Waals surface area contributed by atoms with E-state index < -0.39 is 12.2 Å². The standard InChI is InChI=1S/C21H29N7O.C16H26FN3O2/c1-21(2,3)17-11-15-13-28(20(29)27-18(15)26-17)16-7-5-14(6-8-16)12-24-9-4-10-25-19(22)23;1-16(2,3)12-6-11(4-5-20-15(19)21)7-14(8-12)22-10-13(17)9-18/h5-8,11,13,24H,4,9-10,12H2,1-3H3,(H4,22,23,25)(H,26,27,29);6-8,13H,4-5,9-10,18H2,1-3H3,(H3,19,20,21)/t;13-/m.1/s1. The first-order valence-corrected chi connectivity index (χ1v) is 17.1. The van der Waals surface area contributed by atoms with Gasteiger partial charge in [0.05, 0.1) is 5.69 Å². The largest absolute Gasteiger partial charge is 0.490 e. The zero-order valence-electron chi connectivity index (χ0n) is 30.7. The third-order valence-corrected chi connectivity index (χ3v) is 7.90. The molecule has 11 N–H and O–H groups in total. The molecule has 0 aliphatic heterocycles. The van der Waals surface area contributed by atoms with Crippen LogP contribution in [0.5, 0.6) is 5.75 Å². The van der Waals surface area contributed by atoms with Crippen molar-refractivity contribution in [2.75, 3.05) is 32.8 Å². The molecule has 0 saturated heterocycles. The van der Waals surface area contributed by atoms with Gasteiger partial charge in [-0.3, -0.25) is 9.56 Å². The Morgan fingerprint density at radius 2 is 1.71 bits per heavy atom. The van der Waals surface area contributed by atoms with Gasteiger partial charge in [0.25, 0.3) is 0 Å². The van der Waals surface area contributed by atoms with Gasteiger partial charge in [0.15, 0.2) is 5.96 Å². The van der Waals surface area contributed by atoms with Crippen molar-refractivity contribution in [3.63, 3.8) is 0 Å². The number of ether oxygens (including phenoxy) is 1. The number of H-pyrrole nitrogens is 1. The van der Waals surface area contributed by atoms with Crippen molar-refractivity contribution in [2.24, 2.45) is 27.9 Å². The smallest absolute Gasteiger partial charge is 0.354 e. The van der Waals surface area contributed by atoms with Crippen LogP contribution < -0.4 is 44.0 Å². The van der Waals surface area contributed by atoms with Crippen LogP contribution in [-0.2, 0) is 23.8 Å². The Morgan fingerprint density at radius 3 is 2.31 bits per heavy atom. The van der Waals surface area contributed by atoms with E-state index in [2.05, 4.69) is 79.3 Å². The molecule has 0 aliphatic carbocycles. The maximum Gasteiger partial charge on any atom is 0.354 e. The first-order valence-electron chi connectivity index (χ1n) is 17.1. The highest BCUT2D eigenvalue weighted by molar-refractivity contribution is 5.76. The molecule has 0 spiro atoms. The number of guanidine groups is 1. The molecule has 4 aromatic rings. The summed E-state index contributed by atoms with van der Waals surface area (Å²) in [5.74, 6) is 0.732. The van der Waals surface area contributed by atoms with Gasteiger partial charge in [-0.15, -0.1) is 0 Å². The predicted octanol–water partition coefficient (Wildman–Crippen LogP) is 3.63. The highest BCUT2D eigenvalue weighted by atomic mass is 19.1. The first kappa shape index (κ1) is 40.5. The molecule has 2 amide bonds. The Bertz CT molecular complexity index is 1800. The molecule has 4 rings (SSSR count). The Kier molecular flexibility index (Phi) is 14.6. The van der Waals surface area contributed by atoms with Crippen molar-refractivity contribution in [2.45, 2.75) is 77.9 Å². The van der Waals surface area contributed by atoms with Gasteiger partial charge in [0, 0.05) is 48.9 Å². The summed E-state index contributed by atoms with van der Waals surface area (Å²) in [7, 11) is 0. The van der Waals surface area contributed by atoms with Crippen LogP contribution in [0.25, 0.3) is 16.7 Å². The van der Waals surface area contributed by atoms with Crippen LogP contribution in [0, 0.1) is 0 Å². The number of primary amides is 1. The summed E-state index contributed by atoms with van der Waals surface area (Å²) in [6.07, 6.45) is 2.15. The molecule has 0 saturated carbocycles. The zero-order valence-corrected chi connectivity index (χ0v) is 30.7. The van der Waals surface area contributed by atoms with E-state index in [0.717, 1.165) is 53.0 Å². The number of carbonyl (C=O) groups is 1. The second-order valence-electron chi connectivity index (χ2n) is 14.4. The fourth-order valence-corrected chi connectivity index (χ4v) is 4.91. The second-order valence-corrected chi connectivity index (χ2v) is 14.4. The normalized spacial score (nSPS) is 12.2. The number of carbonyl (C=O) groups excluding carboxylic acids is 1. The maximum absolute atomic E-state index is 13.2. The Hall–Kier alpha value is -4.95. The highest BCUT2D eigenvalue weighted by Crippen LogP contribution is 2.28. The minimum absolute atomic E-state index is 0.0352. The summed E-state index contributed by atoms with van der Waals surface area (Å²) in [5, 5.41) is 6.82. The first-order chi connectivity index (χ1) is 24.0. The number of urea groups is 1. The van der Waals surface area contributed by atoms with Gasteiger partial charge in [-0.1, -0.05) is 59.7 Å². The number of benzene rings is 2. The Morgan fingerprint density at radius 1 is 1.00 bits per heavy atom. The lowest BCUT2D eigenvalue weighted by Crippen LogP contribution is -2.31. The molecule has 0 bridgehead atoms. The number of nitrogens with two attached hydrogens (primary N) is 4. The molecular formula is C37H55FN10O3. The van der Waals surface area contributed by atoms with Gasteiger partial charge >= 0.3 is 11.7 Å². The van der Waals surface area contributed by atoms with Crippen molar-refractivity contribution in [3.05, 3.63) is 87.6 Å². The van der Waals surface area contributed by atoms with Crippen LogP contribution in [0.3, 0.4) is 0 Å². The summed E-state index contributed by atoms with van der Waals surface area (Å²) in [4.78, 5) is 34.6. The monoisotopic (exact) mass is 706 g/mol. The van der Waals surface area contributed by atoms with Gasteiger partial charge in [-0.05, 0) is 71.8 Å². The van der Waals surface area contributed by atoms with E-state index in [1.807, 2.05) is 42.6 Å². The molecule has 278 valence electrons. The quantitative estimate of drug-likeness (QED) is 0.0582. The third-order valence-electron chi connectivity index (χ3n) is 7.90. The number of halogens is 1. The molecule has 0 radical (unpaired) electrons. The number of aliphatic imine (C=N–C) groups is 1. The van der Waals surface area contributed by atoms with E-state index in [1.165, 1.54) is 0 Å². The third kappa shape index (κ3) is 13.4. The van der Waals surface area contributed by atoms with E-state index in [4.69, 9.17) is 27.7 Å². The van der Waals surface area contributed by atoms with Crippen LogP contribution in [0.2, 0.25) is 0 Å². The number of amides is 2. The summed E-state index contributed by atoms with van der Waals surface area (Å²) in [6.45, 7) is 15.1. The molecule has 0 unspecified atom stereocenters. The van der Waals surface area contributed by atoms with Crippen LogP contribution in [-0.4, -0.2) is 65.5 Å². The highest BCUT2D eigenvalue weighted by Gasteiger charge is 2.18. The number of aromatic nitrogens is 3. The van der Waals surface area contributed by atoms with Crippen molar-refractivity contribution < 1.29 is 13.9 Å². The molecular weight excluding hydrogens is 651 g/mol. The lowest BCUT2D eigenvalue weighted by Gasteiger charge is -2.22. The molecule has 51 heavy (non-hydrogen) atoms. The van der Waals surface area contributed by atoms with E-state index >= 15 is 0 Å². The number of fused-ring (bicyclic) bond motifs is 1. The number of rotatable bonds is 14.